The summed E-state index contributed by atoms with van der Waals surface area (Å²) in [5.41, 5.74) is 2.40. The minimum atomic E-state index is -0.261. The first-order chi connectivity index (χ1) is 8.19. The smallest absolute Gasteiger partial charge is 0.127 e. The molecule has 0 heterocycles. The third kappa shape index (κ3) is 3.07. The SMILES string of the molecule is Cc1cc(Oc2ccc(F)cc2)ccc1CBr. The third-order valence-electron chi connectivity index (χ3n) is 2.51. The van der Waals surface area contributed by atoms with Gasteiger partial charge in [-0.05, 0) is 54.4 Å². The fraction of sp³-hybridized carbons (Fsp3) is 0.143. The number of hydrogen-bond acceptors (Lipinski definition) is 1. The molecule has 0 aliphatic carbocycles. The van der Waals surface area contributed by atoms with Crippen LogP contribution in [0, 0.1) is 12.7 Å². The molecule has 1 nitrogen and oxygen atoms in total. The Morgan fingerprint density at radius 2 is 1.71 bits per heavy atom. The lowest BCUT2D eigenvalue weighted by atomic mass is 10.1. The van der Waals surface area contributed by atoms with Crippen molar-refractivity contribution < 1.29 is 9.13 Å². The van der Waals surface area contributed by atoms with Crippen molar-refractivity contribution in [3.05, 3.63) is 59.4 Å². The van der Waals surface area contributed by atoms with Gasteiger partial charge >= 0.3 is 0 Å². The lowest BCUT2D eigenvalue weighted by Gasteiger charge is -2.08. The van der Waals surface area contributed by atoms with E-state index in [1.165, 1.54) is 23.3 Å². The monoisotopic (exact) mass is 294 g/mol. The van der Waals surface area contributed by atoms with Gasteiger partial charge in [-0.25, -0.2) is 4.39 Å². The van der Waals surface area contributed by atoms with Gasteiger partial charge in [0.25, 0.3) is 0 Å². The Balaban J connectivity index is 2.19. The Morgan fingerprint density at radius 1 is 1.06 bits per heavy atom. The number of rotatable bonds is 3. The maximum absolute atomic E-state index is 12.7. The molecule has 0 amide bonds. The summed E-state index contributed by atoms with van der Waals surface area (Å²) >= 11 is 3.43. The molecule has 88 valence electrons. The summed E-state index contributed by atoms with van der Waals surface area (Å²) in [4.78, 5) is 0. The number of ether oxygens (including phenoxy) is 1. The summed E-state index contributed by atoms with van der Waals surface area (Å²) < 4.78 is 18.4. The average molecular weight is 295 g/mol. The number of halogens is 2. The molecule has 0 aliphatic heterocycles. The molecule has 0 atom stereocenters. The molecule has 0 aromatic heterocycles. The van der Waals surface area contributed by atoms with Crippen LogP contribution in [0.15, 0.2) is 42.5 Å². The van der Waals surface area contributed by atoms with Crippen molar-refractivity contribution in [2.45, 2.75) is 12.3 Å². The van der Waals surface area contributed by atoms with Crippen molar-refractivity contribution in [1.29, 1.82) is 0 Å². The highest BCUT2D eigenvalue weighted by Gasteiger charge is 2.01. The zero-order chi connectivity index (χ0) is 12.3. The Morgan fingerprint density at radius 3 is 2.29 bits per heavy atom. The number of benzene rings is 2. The zero-order valence-electron chi connectivity index (χ0n) is 9.41. The molecule has 0 saturated carbocycles. The number of hydrogen-bond donors (Lipinski definition) is 0. The Labute approximate surface area is 108 Å². The maximum atomic E-state index is 12.7. The van der Waals surface area contributed by atoms with Crippen LogP contribution in [-0.2, 0) is 5.33 Å². The molecule has 0 aliphatic rings. The molecule has 0 bridgehead atoms. The van der Waals surface area contributed by atoms with Gasteiger partial charge in [0.05, 0.1) is 0 Å². The molecule has 0 spiro atoms. The van der Waals surface area contributed by atoms with E-state index in [0.29, 0.717) is 5.75 Å². The van der Waals surface area contributed by atoms with E-state index < -0.39 is 0 Å². The molecule has 0 N–H and O–H groups in total. The topological polar surface area (TPSA) is 9.23 Å². The van der Waals surface area contributed by atoms with Crippen molar-refractivity contribution in [3.8, 4) is 11.5 Å². The molecule has 17 heavy (non-hydrogen) atoms. The molecular weight excluding hydrogens is 283 g/mol. The fourth-order valence-electron chi connectivity index (χ4n) is 1.52. The lowest BCUT2D eigenvalue weighted by molar-refractivity contribution is 0.480. The van der Waals surface area contributed by atoms with Crippen molar-refractivity contribution in [2.75, 3.05) is 0 Å². The Bertz CT molecular complexity index is 508. The van der Waals surface area contributed by atoms with Gasteiger partial charge in [0.2, 0.25) is 0 Å². The minimum absolute atomic E-state index is 0.261. The van der Waals surface area contributed by atoms with E-state index in [1.807, 2.05) is 25.1 Å². The molecule has 0 saturated heterocycles. The van der Waals surface area contributed by atoms with Gasteiger partial charge in [-0.15, -0.1) is 0 Å². The van der Waals surface area contributed by atoms with Crippen LogP contribution in [0.5, 0.6) is 11.5 Å². The summed E-state index contributed by atoms with van der Waals surface area (Å²) in [6.45, 7) is 2.04. The van der Waals surface area contributed by atoms with Gasteiger partial charge in [0.15, 0.2) is 0 Å². The molecular formula is C14H12BrFO. The fourth-order valence-corrected chi connectivity index (χ4v) is 2.15. The maximum Gasteiger partial charge on any atom is 0.127 e. The summed E-state index contributed by atoms with van der Waals surface area (Å²) in [6, 6.07) is 11.9. The van der Waals surface area contributed by atoms with E-state index in [-0.39, 0.29) is 5.82 Å². The van der Waals surface area contributed by atoms with Crippen LogP contribution in [0.4, 0.5) is 4.39 Å². The first-order valence-corrected chi connectivity index (χ1v) is 6.40. The van der Waals surface area contributed by atoms with Crippen LogP contribution in [0.25, 0.3) is 0 Å². The first kappa shape index (κ1) is 12.1. The Hall–Kier alpha value is -1.35. The zero-order valence-corrected chi connectivity index (χ0v) is 11.0. The van der Waals surface area contributed by atoms with Crippen LogP contribution < -0.4 is 4.74 Å². The van der Waals surface area contributed by atoms with Crippen molar-refractivity contribution >= 4 is 15.9 Å². The van der Waals surface area contributed by atoms with Crippen LogP contribution in [0.3, 0.4) is 0 Å². The Kier molecular flexibility index (Phi) is 3.79. The second kappa shape index (κ2) is 5.32. The predicted molar refractivity (Wildman–Crippen MR) is 70.3 cm³/mol. The average Bonchev–Trinajstić information content (AvgIpc) is 2.32. The highest BCUT2D eigenvalue weighted by molar-refractivity contribution is 9.08. The quantitative estimate of drug-likeness (QED) is 0.737. The van der Waals surface area contributed by atoms with Crippen LogP contribution >= 0.6 is 15.9 Å². The molecule has 2 aromatic rings. The van der Waals surface area contributed by atoms with E-state index >= 15 is 0 Å². The van der Waals surface area contributed by atoms with Gasteiger partial charge in [-0.3, -0.25) is 0 Å². The van der Waals surface area contributed by atoms with Crippen LogP contribution in [0.1, 0.15) is 11.1 Å². The minimum Gasteiger partial charge on any atom is -0.457 e. The van der Waals surface area contributed by atoms with E-state index in [4.69, 9.17) is 4.74 Å². The van der Waals surface area contributed by atoms with Gasteiger partial charge in [0, 0.05) is 5.33 Å². The lowest BCUT2D eigenvalue weighted by Crippen LogP contribution is -1.88. The van der Waals surface area contributed by atoms with Crippen molar-refractivity contribution in [1.82, 2.24) is 0 Å². The first-order valence-electron chi connectivity index (χ1n) is 5.28. The summed E-state index contributed by atoms with van der Waals surface area (Å²) in [5, 5.41) is 0.829. The molecule has 3 heteroatoms. The highest BCUT2D eigenvalue weighted by Crippen LogP contribution is 2.24. The summed E-state index contributed by atoms with van der Waals surface area (Å²) in [6.07, 6.45) is 0. The predicted octanol–water partition coefficient (Wildman–Crippen LogP) is 4.82. The van der Waals surface area contributed by atoms with Crippen molar-refractivity contribution in [2.24, 2.45) is 0 Å². The largest absolute Gasteiger partial charge is 0.457 e. The van der Waals surface area contributed by atoms with E-state index in [1.54, 1.807) is 12.1 Å². The second-order valence-corrected chi connectivity index (χ2v) is 4.34. The molecule has 2 aromatic carbocycles. The summed E-state index contributed by atoms with van der Waals surface area (Å²) in [7, 11) is 0. The normalized spacial score (nSPS) is 10.3. The van der Waals surface area contributed by atoms with E-state index in [2.05, 4.69) is 15.9 Å². The molecule has 0 fully saturated rings. The van der Waals surface area contributed by atoms with E-state index in [9.17, 15) is 4.39 Å². The van der Waals surface area contributed by atoms with E-state index in [0.717, 1.165) is 11.1 Å². The highest BCUT2D eigenvalue weighted by atomic mass is 79.9. The van der Waals surface area contributed by atoms with Gasteiger partial charge in [0.1, 0.15) is 17.3 Å². The molecule has 0 radical (unpaired) electrons. The third-order valence-corrected chi connectivity index (χ3v) is 3.11. The van der Waals surface area contributed by atoms with Gasteiger partial charge in [-0.2, -0.15) is 0 Å². The van der Waals surface area contributed by atoms with Crippen LogP contribution in [-0.4, -0.2) is 0 Å². The van der Waals surface area contributed by atoms with Gasteiger partial charge < -0.3 is 4.74 Å². The number of aryl methyl sites for hydroxylation is 1. The number of alkyl halides is 1. The van der Waals surface area contributed by atoms with Crippen molar-refractivity contribution in [3.63, 3.8) is 0 Å². The molecule has 2 rings (SSSR count). The van der Waals surface area contributed by atoms with Crippen LogP contribution in [0.2, 0.25) is 0 Å². The molecule has 0 unspecified atom stereocenters. The summed E-state index contributed by atoms with van der Waals surface area (Å²) in [5.74, 6) is 1.14. The standard InChI is InChI=1S/C14H12BrFO/c1-10-8-14(5-2-11(10)9-15)17-13-6-3-12(16)4-7-13/h2-8H,9H2,1H3. The second-order valence-electron chi connectivity index (χ2n) is 3.78. The van der Waals surface area contributed by atoms with Gasteiger partial charge in [-0.1, -0.05) is 22.0 Å².